The number of aryl methyl sites for hydroxylation is 1. The first-order valence-electron chi connectivity index (χ1n) is 6.98. The molecule has 5 nitrogen and oxygen atoms in total. The van der Waals surface area contributed by atoms with Crippen LogP contribution < -0.4 is 28.5 Å². The number of hydrogen-bond donors (Lipinski definition) is 0. The number of carbonyl (C=O) groups is 1. The van der Waals surface area contributed by atoms with Gasteiger partial charge in [-0.15, -0.1) is 0 Å². The van der Waals surface area contributed by atoms with E-state index in [1.165, 1.54) is 0 Å². The average Bonchev–Trinajstić information content (AvgIpc) is 2.79. The van der Waals surface area contributed by atoms with Gasteiger partial charge in [-0.05, 0) is 13.3 Å². The molecule has 0 spiro atoms. The van der Waals surface area contributed by atoms with E-state index < -0.39 is 0 Å². The van der Waals surface area contributed by atoms with Gasteiger partial charge in [-0.25, -0.2) is 13.9 Å². The second kappa shape index (κ2) is 10.8. The summed E-state index contributed by atoms with van der Waals surface area (Å²) in [6, 6.07) is 0. The molecular weight excluding hydrogens is 383 g/mol. The summed E-state index contributed by atoms with van der Waals surface area (Å²) in [6.07, 6.45) is 7.61. The smallest absolute Gasteiger partial charge is 0.333 e. The summed E-state index contributed by atoms with van der Waals surface area (Å²) in [4.78, 5) is 11.6. The molecular formula is C15H25IN2O3. The van der Waals surface area contributed by atoms with Crippen LogP contribution in [0.25, 0.3) is 0 Å². The van der Waals surface area contributed by atoms with E-state index in [9.17, 15) is 4.79 Å². The molecule has 120 valence electrons. The fourth-order valence-electron chi connectivity index (χ4n) is 1.68. The van der Waals surface area contributed by atoms with Gasteiger partial charge in [0.25, 0.3) is 0 Å². The third kappa shape index (κ3) is 8.21. The Hall–Kier alpha value is -0.890. The van der Waals surface area contributed by atoms with Crippen LogP contribution in [0.4, 0.5) is 0 Å². The molecule has 0 radical (unpaired) electrons. The van der Waals surface area contributed by atoms with Crippen molar-refractivity contribution in [2.75, 3.05) is 13.2 Å². The molecule has 1 aromatic heterocycles. The molecule has 1 rings (SSSR count). The number of carbonyl (C=O) groups excluding carboxylic acids is 1. The van der Waals surface area contributed by atoms with E-state index in [4.69, 9.17) is 9.47 Å². The van der Waals surface area contributed by atoms with Crippen molar-refractivity contribution in [2.24, 2.45) is 7.05 Å². The SMILES string of the molecule is C=C(C)C(=O)OC(COCCCC)Cn1cc[n+](C)c1.[I-]. The van der Waals surface area contributed by atoms with Gasteiger partial charge in [-0.3, -0.25) is 0 Å². The van der Waals surface area contributed by atoms with E-state index >= 15 is 0 Å². The first kappa shape index (κ1) is 20.1. The highest BCUT2D eigenvalue weighted by Gasteiger charge is 2.18. The Kier molecular flexibility index (Phi) is 10.3. The molecule has 0 bridgehead atoms. The number of imidazole rings is 1. The Morgan fingerprint density at radius 2 is 2.19 bits per heavy atom. The van der Waals surface area contributed by atoms with Crippen molar-refractivity contribution < 1.29 is 42.8 Å². The largest absolute Gasteiger partial charge is 1.00 e. The monoisotopic (exact) mass is 408 g/mol. The molecule has 0 aromatic carbocycles. The lowest BCUT2D eigenvalue weighted by Crippen LogP contribution is -3.00. The summed E-state index contributed by atoms with van der Waals surface area (Å²) in [5.74, 6) is -0.370. The summed E-state index contributed by atoms with van der Waals surface area (Å²) >= 11 is 0. The van der Waals surface area contributed by atoms with Crippen molar-refractivity contribution in [2.45, 2.75) is 39.3 Å². The lowest BCUT2D eigenvalue weighted by atomic mass is 10.3. The van der Waals surface area contributed by atoms with Gasteiger partial charge in [0.15, 0.2) is 6.10 Å². The maximum absolute atomic E-state index is 11.6. The fourth-order valence-corrected chi connectivity index (χ4v) is 1.68. The van der Waals surface area contributed by atoms with Crippen molar-refractivity contribution in [1.29, 1.82) is 0 Å². The predicted octanol–water partition coefficient (Wildman–Crippen LogP) is -1.38. The van der Waals surface area contributed by atoms with Crippen molar-refractivity contribution in [3.63, 3.8) is 0 Å². The van der Waals surface area contributed by atoms with E-state index in [0.717, 1.165) is 12.8 Å². The van der Waals surface area contributed by atoms with E-state index in [1.54, 1.807) is 6.92 Å². The zero-order chi connectivity index (χ0) is 15.0. The summed E-state index contributed by atoms with van der Waals surface area (Å²) in [5, 5.41) is 0. The molecule has 0 amide bonds. The Morgan fingerprint density at radius 1 is 1.48 bits per heavy atom. The number of unbranched alkanes of at least 4 members (excludes halogenated alkanes) is 1. The topological polar surface area (TPSA) is 44.3 Å². The Bertz CT molecular complexity index is 446. The van der Waals surface area contributed by atoms with E-state index in [-0.39, 0.29) is 36.0 Å². The van der Waals surface area contributed by atoms with Crippen molar-refractivity contribution in [1.82, 2.24) is 4.57 Å². The number of rotatable bonds is 9. The standard InChI is InChI=1S/C15H25N2O3.HI/c1-5-6-9-19-11-14(20-15(18)13(2)3)10-17-8-7-16(4)12-17;/h7-8,12,14H,2,5-6,9-11H2,1,3-4H3;1H/q+1;/p-1. The highest BCUT2D eigenvalue weighted by atomic mass is 127. The van der Waals surface area contributed by atoms with Gasteiger partial charge in [-0.2, -0.15) is 0 Å². The Balaban J connectivity index is 0.00000400. The maximum atomic E-state index is 11.6. The number of ether oxygens (including phenoxy) is 2. The minimum Gasteiger partial charge on any atom is -1.00 e. The second-order valence-electron chi connectivity index (χ2n) is 5.01. The molecule has 0 saturated heterocycles. The van der Waals surface area contributed by atoms with Crippen molar-refractivity contribution in [3.8, 4) is 0 Å². The normalized spacial score (nSPS) is 11.6. The Morgan fingerprint density at radius 3 is 2.71 bits per heavy atom. The van der Waals surface area contributed by atoms with Crippen LogP contribution in [0, 0.1) is 0 Å². The molecule has 21 heavy (non-hydrogen) atoms. The van der Waals surface area contributed by atoms with Crippen molar-refractivity contribution >= 4 is 5.97 Å². The fraction of sp³-hybridized carbons (Fsp3) is 0.600. The molecule has 1 unspecified atom stereocenters. The summed E-state index contributed by atoms with van der Waals surface area (Å²) < 4.78 is 14.9. The average molecular weight is 408 g/mol. The van der Waals surface area contributed by atoms with Gasteiger partial charge in [0.2, 0.25) is 6.33 Å². The number of aromatic nitrogens is 2. The zero-order valence-electron chi connectivity index (χ0n) is 13.0. The molecule has 0 N–H and O–H groups in total. The molecule has 0 fully saturated rings. The van der Waals surface area contributed by atoms with Gasteiger partial charge in [0, 0.05) is 12.2 Å². The molecule has 1 heterocycles. The molecule has 1 aromatic rings. The van der Waals surface area contributed by atoms with Crippen LogP contribution in [0.15, 0.2) is 30.9 Å². The van der Waals surface area contributed by atoms with E-state index in [0.29, 0.717) is 25.3 Å². The third-order valence-corrected chi connectivity index (χ3v) is 2.81. The molecule has 0 saturated carbocycles. The molecule has 0 aliphatic carbocycles. The molecule has 6 heteroatoms. The number of hydrogen-bond acceptors (Lipinski definition) is 3. The highest BCUT2D eigenvalue weighted by Crippen LogP contribution is 2.04. The van der Waals surface area contributed by atoms with Gasteiger partial charge in [0.1, 0.15) is 18.9 Å². The third-order valence-electron chi connectivity index (χ3n) is 2.81. The summed E-state index contributed by atoms with van der Waals surface area (Å²) in [7, 11) is 1.95. The van der Waals surface area contributed by atoms with Crippen LogP contribution in [0.5, 0.6) is 0 Å². The van der Waals surface area contributed by atoms with E-state index in [1.807, 2.05) is 34.9 Å². The van der Waals surface area contributed by atoms with Gasteiger partial charge < -0.3 is 33.5 Å². The van der Waals surface area contributed by atoms with Gasteiger partial charge in [0.05, 0.1) is 13.7 Å². The summed E-state index contributed by atoms with van der Waals surface area (Å²) in [5.41, 5.74) is 0.404. The molecule has 1 atom stereocenters. The van der Waals surface area contributed by atoms with Crippen LogP contribution >= 0.6 is 0 Å². The Labute approximate surface area is 144 Å². The number of halogens is 1. The minimum absolute atomic E-state index is 0. The van der Waals surface area contributed by atoms with E-state index in [2.05, 4.69) is 13.5 Å². The van der Waals surface area contributed by atoms with Crippen molar-refractivity contribution in [3.05, 3.63) is 30.9 Å². The van der Waals surface area contributed by atoms with Crippen LogP contribution in [0.2, 0.25) is 0 Å². The zero-order valence-corrected chi connectivity index (χ0v) is 15.2. The highest BCUT2D eigenvalue weighted by molar-refractivity contribution is 5.87. The summed E-state index contributed by atoms with van der Waals surface area (Å²) in [6.45, 7) is 9.03. The first-order chi connectivity index (χ1) is 9.52. The molecule has 0 aliphatic heterocycles. The minimum atomic E-state index is -0.370. The second-order valence-corrected chi connectivity index (χ2v) is 5.01. The van der Waals surface area contributed by atoms with Gasteiger partial charge in [-0.1, -0.05) is 19.9 Å². The van der Waals surface area contributed by atoms with Crippen LogP contribution in [0.3, 0.4) is 0 Å². The lowest BCUT2D eigenvalue weighted by Gasteiger charge is -2.16. The lowest BCUT2D eigenvalue weighted by molar-refractivity contribution is -0.671. The maximum Gasteiger partial charge on any atom is 0.333 e. The number of nitrogens with zero attached hydrogens (tertiary/aromatic N) is 2. The van der Waals surface area contributed by atoms with Crippen LogP contribution in [0.1, 0.15) is 26.7 Å². The quantitative estimate of drug-likeness (QED) is 0.166. The van der Waals surface area contributed by atoms with Crippen LogP contribution in [-0.4, -0.2) is 29.9 Å². The molecule has 0 aliphatic rings. The first-order valence-corrected chi connectivity index (χ1v) is 6.98. The number of esters is 1. The van der Waals surface area contributed by atoms with Crippen LogP contribution in [-0.2, 0) is 27.9 Å². The predicted molar refractivity (Wildman–Crippen MR) is 76.0 cm³/mol. The van der Waals surface area contributed by atoms with Gasteiger partial charge >= 0.3 is 5.97 Å².